The second kappa shape index (κ2) is 7.34. The Hall–Kier alpha value is -3.93. The Morgan fingerprint density at radius 2 is 1.53 bits per heavy atom. The molecule has 0 N–H and O–H groups in total. The summed E-state index contributed by atoms with van der Waals surface area (Å²) in [6.07, 6.45) is 0.656. The molecule has 0 radical (unpaired) electrons. The Morgan fingerprint density at radius 3 is 2.16 bits per heavy atom. The van der Waals surface area contributed by atoms with Crippen molar-refractivity contribution in [2.24, 2.45) is 5.16 Å². The Balaban J connectivity index is 1.69. The molecule has 2 atom stereocenters. The fraction of sp³-hybridized carbons (Fsp3) is 0.192. The molecular weight excluding hydrogens is 404 g/mol. The first kappa shape index (κ1) is 20.0. The van der Waals surface area contributed by atoms with Gasteiger partial charge in [0.2, 0.25) is 5.60 Å². The summed E-state index contributed by atoms with van der Waals surface area (Å²) < 4.78 is 6.81. The first-order valence-corrected chi connectivity index (χ1v) is 10.5. The topological polar surface area (TPSA) is 74.0 Å². The highest BCUT2D eigenvalue weighted by Crippen LogP contribution is 2.59. The van der Waals surface area contributed by atoms with Crippen molar-refractivity contribution >= 4 is 17.2 Å². The molecule has 160 valence electrons. The number of fused-ring (bicyclic) bond motifs is 1. The van der Waals surface area contributed by atoms with Gasteiger partial charge in [0.05, 0.1) is 4.92 Å². The molecule has 2 aliphatic rings. The number of hydrogen-bond donors (Lipinski definition) is 0. The molecule has 0 aromatic heterocycles. The Morgan fingerprint density at radius 1 is 0.906 bits per heavy atom. The highest BCUT2D eigenvalue weighted by molar-refractivity contribution is 5.97. The van der Waals surface area contributed by atoms with Crippen LogP contribution in [0.1, 0.15) is 37.0 Å². The van der Waals surface area contributed by atoms with Crippen molar-refractivity contribution in [1.82, 2.24) is 0 Å². The second-order valence-corrected chi connectivity index (χ2v) is 8.37. The summed E-state index contributed by atoms with van der Waals surface area (Å²) in [5, 5.41) is 15.4. The third-order valence-corrected chi connectivity index (χ3v) is 6.27. The third kappa shape index (κ3) is 2.91. The molecule has 0 saturated heterocycles. The van der Waals surface area contributed by atoms with Gasteiger partial charge in [0.25, 0.3) is 11.6 Å². The van der Waals surface area contributed by atoms with Crippen molar-refractivity contribution in [2.45, 2.75) is 31.5 Å². The van der Waals surface area contributed by atoms with E-state index in [1.165, 1.54) is 17.7 Å². The molecule has 1 aliphatic heterocycles. The average Bonchev–Trinajstić information content (AvgIpc) is 3.06. The van der Waals surface area contributed by atoms with Crippen molar-refractivity contribution in [3.8, 4) is 0 Å². The molecule has 0 fully saturated rings. The number of benzene rings is 3. The van der Waals surface area contributed by atoms with E-state index < -0.39 is 16.1 Å². The first-order chi connectivity index (χ1) is 15.4. The molecule has 0 bridgehead atoms. The van der Waals surface area contributed by atoms with E-state index in [4.69, 9.17) is 9.57 Å². The highest BCUT2D eigenvalue weighted by Gasteiger charge is 2.64. The summed E-state index contributed by atoms with van der Waals surface area (Å²) in [5.41, 5.74) is 3.19. The SMILES string of the molecule is CC1=C(c2ccccc2)[C@]2(c3ccccc3)OC(c3ccc([N+](=O)[O-])cc3)=NO[C@@]2(C)C1. The van der Waals surface area contributed by atoms with Crippen molar-refractivity contribution in [3.05, 3.63) is 117 Å². The van der Waals surface area contributed by atoms with Gasteiger partial charge in [-0.05, 0) is 36.7 Å². The zero-order chi connectivity index (χ0) is 22.3. The van der Waals surface area contributed by atoms with Gasteiger partial charge in [0.15, 0.2) is 5.60 Å². The summed E-state index contributed by atoms with van der Waals surface area (Å²) in [5.74, 6) is 0.296. The van der Waals surface area contributed by atoms with Crippen LogP contribution in [-0.2, 0) is 15.2 Å². The maximum absolute atomic E-state index is 11.1. The van der Waals surface area contributed by atoms with Crippen LogP contribution in [0.3, 0.4) is 0 Å². The number of nitrogens with zero attached hydrogens (tertiary/aromatic N) is 2. The fourth-order valence-electron chi connectivity index (χ4n) is 4.92. The molecule has 6 heteroatoms. The van der Waals surface area contributed by atoms with Gasteiger partial charge in [-0.2, -0.15) is 0 Å². The number of oxime groups is 1. The summed E-state index contributed by atoms with van der Waals surface area (Å²) in [6.45, 7) is 4.13. The molecular formula is C26H22N2O4. The summed E-state index contributed by atoms with van der Waals surface area (Å²) in [7, 11) is 0. The van der Waals surface area contributed by atoms with E-state index >= 15 is 0 Å². The van der Waals surface area contributed by atoms with Gasteiger partial charge in [-0.1, -0.05) is 66.2 Å². The van der Waals surface area contributed by atoms with Crippen LogP contribution in [0.25, 0.3) is 5.57 Å². The predicted octanol–water partition coefficient (Wildman–Crippen LogP) is 5.83. The maximum atomic E-state index is 11.1. The number of ether oxygens (including phenoxy) is 1. The van der Waals surface area contributed by atoms with E-state index in [1.54, 1.807) is 12.1 Å². The summed E-state index contributed by atoms with van der Waals surface area (Å²) >= 11 is 0. The monoisotopic (exact) mass is 426 g/mol. The van der Waals surface area contributed by atoms with Crippen LogP contribution in [-0.4, -0.2) is 16.4 Å². The zero-order valence-electron chi connectivity index (χ0n) is 17.8. The number of nitro groups is 1. The number of rotatable bonds is 4. The van der Waals surface area contributed by atoms with E-state index in [9.17, 15) is 10.1 Å². The van der Waals surface area contributed by atoms with E-state index in [-0.39, 0.29) is 5.69 Å². The number of nitro benzene ring substituents is 1. The van der Waals surface area contributed by atoms with Gasteiger partial charge in [0.1, 0.15) is 0 Å². The van der Waals surface area contributed by atoms with E-state index in [0.29, 0.717) is 17.9 Å². The number of hydrogen-bond acceptors (Lipinski definition) is 5. The van der Waals surface area contributed by atoms with Crippen molar-refractivity contribution < 1.29 is 14.5 Å². The lowest BCUT2D eigenvalue weighted by Crippen LogP contribution is -2.54. The smallest absolute Gasteiger partial charge is 0.269 e. The quantitative estimate of drug-likeness (QED) is 0.388. The zero-order valence-corrected chi connectivity index (χ0v) is 17.8. The Kier molecular flexibility index (Phi) is 4.59. The lowest BCUT2D eigenvalue weighted by Gasteiger charge is -2.46. The van der Waals surface area contributed by atoms with Gasteiger partial charge >= 0.3 is 0 Å². The van der Waals surface area contributed by atoms with Gasteiger partial charge < -0.3 is 9.57 Å². The van der Waals surface area contributed by atoms with Gasteiger partial charge in [0, 0.05) is 35.3 Å². The van der Waals surface area contributed by atoms with Gasteiger partial charge in [-0.15, -0.1) is 0 Å². The standard InChI is InChI=1S/C26H22N2O4/c1-18-17-25(2)26(21-11-7-4-8-12-21,23(18)19-9-5-3-6-10-19)31-24(27-32-25)20-13-15-22(16-14-20)28(29)30/h3-16H,17H2,1-2H3/t25-,26-/m0/s1. The normalized spacial score (nSPS) is 24.2. The summed E-state index contributed by atoms with van der Waals surface area (Å²) in [6, 6.07) is 26.4. The van der Waals surface area contributed by atoms with Crippen molar-refractivity contribution in [1.29, 1.82) is 0 Å². The fourth-order valence-corrected chi connectivity index (χ4v) is 4.92. The Bertz CT molecular complexity index is 1240. The van der Waals surface area contributed by atoms with Crippen LogP contribution < -0.4 is 0 Å². The molecule has 1 aliphatic carbocycles. The average molecular weight is 426 g/mol. The molecule has 6 nitrogen and oxygen atoms in total. The maximum Gasteiger partial charge on any atom is 0.269 e. The molecule has 0 spiro atoms. The van der Waals surface area contributed by atoms with Crippen LogP contribution in [0.15, 0.2) is 95.7 Å². The van der Waals surface area contributed by atoms with Crippen LogP contribution >= 0.6 is 0 Å². The molecule has 1 heterocycles. The van der Waals surface area contributed by atoms with Gasteiger partial charge in [-0.25, -0.2) is 0 Å². The van der Waals surface area contributed by atoms with E-state index in [0.717, 1.165) is 16.7 Å². The minimum atomic E-state index is -0.932. The minimum absolute atomic E-state index is 0.00951. The minimum Gasteiger partial charge on any atom is -0.454 e. The Labute approximate surface area is 185 Å². The van der Waals surface area contributed by atoms with Crippen molar-refractivity contribution in [3.63, 3.8) is 0 Å². The van der Waals surface area contributed by atoms with Crippen LogP contribution in [0, 0.1) is 10.1 Å². The van der Waals surface area contributed by atoms with E-state index in [2.05, 4.69) is 24.2 Å². The molecule has 3 aromatic carbocycles. The molecule has 0 saturated carbocycles. The lowest BCUT2D eigenvalue weighted by molar-refractivity contribution is -0.384. The van der Waals surface area contributed by atoms with E-state index in [1.807, 2.05) is 55.5 Å². The van der Waals surface area contributed by atoms with Crippen molar-refractivity contribution in [2.75, 3.05) is 0 Å². The third-order valence-electron chi connectivity index (χ3n) is 6.27. The largest absolute Gasteiger partial charge is 0.454 e. The van der Waals surface area contributed by atoms with Crippen LogP contribution in [0.5, 0.6) is 0 Å². The highest BCUT2D eigenvalue weighted by atomic mass is 16.7. The first-order valence-electron chi connectivity index (χ1n) is 10.5. The molecule has 32 heavy (non-hydrogen) atoms. The van der Waals surface area contributed by atoms with Crippen LogP contribution in [0.2, 0.25) is 0 Å². The molecule has 0 unspecified atom stereocenters. The second-order valence-electron chi connectivity index (χ2n) is 8.37. The number of non-ortho nitro benzene ring substituents is 1. The molecule has 3 aromatic rings. The predicted molar refractivity (Wildman–Crippen MR) is 122 cm³/mol. The summed E-state index contributed by atoms with van der Waals surface area (Å²) in [4.78, 5) is 16.8. The van der Waals surface area contributed by atoms with Gasteiger partial charge in [-0.3, -0.25) is 10.1 Å². The van der Waals surface area contributed by atoms with Crippen LogP contribution in [0.4, 0.5) is 5.69 Å². The lowest BCUT2D eigenvalue weighted by atomic mass is 9.74. The molecule has 0 amide bonds. The molecule has 5 rings (SSSR count).